The molecule has 0 N–H and O–H groups in total. The number of rotatable bonds is 6. The topological polar surface area (TPSA) is 80.9 Å². The number of hydrogen-bond donors (Lipinski definition) is 0. The van der Waals surface area contributed by atoms with Crippen LogP contribution in [0.15, 0.2) is 40.2 Å². The first kappa shape index (κ1) is 19.4. The molecule has 1 saturated heterocycles. The maximum atomic E-state index is 13.0. The molecular formula is C20H22N4O4S. The van der Waals surface area contributed by atoms with Crippen molar-refractivity contribution in [3.05, 3.63) is 47.2 Å². The van der Waals surface area contributed by atoms with Gasteiger partial charge in [-0.25, -0.2) is 0 Å². The van der Waals surface area contributed by atoms with E-state index in [-0.39, 0.29) is 5.91 Å². The summed E-state index contributed by atoms with van der Waals surface area (Å²) in [7, 11) is 3.14. The lowest BCUT2D eigenvalue weighted by molar-refractivity contribution is 0.0611. The van der Waals surface area contributed by atoms with Gasteiger partial charge in [0, 0.05) is 26.2 Å². The van der Waals surface area contributed by atoms with Gasteiger partial charge in [0.2, 0.25) is 11.7 Å². The first-order chi connectivity index (χ1) is 14.2. The molecular weight excluding hydrogens is 392 g/mol. The van der Waals surface area contributed by atoms with E-state index in [9.17, 15) is 4.79 Å². The highest BCUT2D eigenvalue weighted by Crippen LogP contribution is 2.26. The summed E-state index contributed by atoms with van der Waals surface area (Å²) in [6.45, 7) is 3.27. The largest absolute Gasteiger partial charge is 0.497 e. The molecule has 0 spiro atoms. The van der Waals surface area contributed by atoms with Crippen LogP contribution in [-0.2, 0) is 6.54 Å². The standard InChI is InChI=1S/C20H22N4O4S/c1-26-14-5-6-16(27-2)15(12-14)20(25)24-9-7-23(8-10-24)13-18-21-19(22-28-18)17-4-3-11-29-17/h3-6,11-12H,7-10,13H2,1-2H3. The predicted molar refractivity (Wildman–Crippen MR) is 108 cm³/mol. The molecule has 1 aliphatic heterocycles. The highest BCUT2D eigenvalue weighted by Gasteiger charge is 2.25. The van der Waals surface area contributed by atoms with Crippen molar-refractivity contribution in [3.63, 3.8) is 0 Å². The Balaban J connectivity index is 1.36. The number of hydrogen-bond acceptors (Lipinski definition) is 8. The fourth-order valence-corrected chi connectivity index (χ4v) is 3.93. The van der Waals surface area contributed by atoms with Crippen LogP contribution in [-0.4, -0.2) is 66.2 Å². The van der Waals surface area contributed by atoms with Crippen molar-refractivity contribution in [1.82, 2.24) is 19.9 Å². The molecule has 1 fully saturated rings. The zero-order chi connectivity index (χ0) is 20.2. The van der Waals surface area contributed by atoms with Gasteiger partial charge in [-0.15, -0.1) is 11.3 Å². The minimum absolute atomic E-state index is 0.0572. The van der Waals surface area contributed by atoms with Crippen LogP contribution >= 0.6 is 11.3 Å². The molecule has 9 heteroatoms. The van der Waals surface area contributed by atoms with Crippen molar-refractivity contribution in [2.75, 3.05) is 40.4 Å². The van der Waals surface area contributed by atoms with Crippen LogP contribution in [0.4, 0.5) is 0 Å². The average molecular weight is 414 g/mol. The van der Waals surface area contributed by atoms with Crippen molar-refractivity contribution >= 4 is 17.2 Å². The van der Waals surface area contributed by atoms with Gasteiger partial charge >= 0.3 is 0 Å². The molecule has 1 aliphatic rings. The van der Waals surface area contributed by atoms with Crippen molar-refractivity contribution in [2.24, 2.45) is 0 Å². The van der Waals surface area contributed by atoms with E-state index in [1.807, 2.05) is 22.4 Å². The van der Waals surface area contributed by atoms with E-state index in [0.29, 0.717) is 48.4 Å². The van der Waals surface area contributed by atoms with E-state index in [0.717, 1.165) is 18.0 Å². The number of amides is 1. The molecule has 29 heavy (non-hydrogen) atoms. The van der Waals surface area contributed by atoms with Gasteiger partial charge in [0.25, 0.3) is 5.91 Å². The summed E-state index contributed by atoms with van der Waals surface area (Å²) in [4.78, 5) is 22.5. The quantitative estimate of drug-likeness (QED) is 0.613. The molecule has 0 aliphatic carbocycles. The molecule has 0 atom stereocenters. The van der Waals surface area contributed by atoms with Crippen LogP contribution in [0.5, 0.6) is 11.5 Å². The van der Waals surface area contributed by atoms with E-state index in [4.69, 9.17) is 14.0 Å². The first-order valence-electron chi connectivity index (χ1n) is 9.28. The molecule has 8 nitrogen and oxygen atoms in total. The normalized spacial score (nSPS) is 14.8. The van der Waals surface area contributed by atoms with E-state index in [1.165, 1.54) is 0 Å². The lowest BCUT2D eigenvalue weighted by Crippen LogP contribution is -2.48. The van der Waals surface area contributed by atoms with Gasteiger partial charge in [-0.05, 0) is 29.6 Å². The van der Waals surface area contributed by atoms with Crippen LogP contribution in [0.2, 0.25) is 0 Å². The molecule has 0 radical (unpaired) electrons. The number of ether oxygens (including phenoxy) is 2. The Hall–Kier alpha value is -2.91. The van der Waals surface area contributed by atoms with Crippen molar-refractivity contribution < 1.29 is 18.8 Å². The number of piperazine rings is 1. The van der Waals surface area contributed by atoms with E-state index in [2.05, 4.69) is 15.0 Å². The van der Waals surface area contributed by atoms with Crippen LogP contribution in [0.25, 0.3) is 10.7 Å². The highest BCUT2D eigenvalue weighted by atomic mass is 32.1. The number of carbonyl (C=O) groups is 1. The SMILES string of the molecule is COc1ccc(OC)c(C(=O)N2CCN(Cc3nc(-c4cccs4)no3)CC2)c1. The second-order valence-corrected chi connectivity index (χ2v) is 7.57. The summed E-state index contributed by atoms with van der Waals surface area (Å²) in [5, 5.41) is 6.03. The molecule has 0 saturated carbocycles. The number of aromatic nitrogens is 2. The van der Waals surface area contributed by atoms with Crippen LogP contribution < -0.4 is 9.47 Å². The van der Waals surface area contributed by atoms with Crippen molar-refractivity contribution in [3.8, 4) is 22.2 Å². The summed E-state index contributed by atoms with van der Waals surface area (Å²) >= 11 is 1.58. The monoisotopic (exact) mass is 414 g/mol. The Labute approximate surface area is 172 Å². The van der Waals surface area contributed by atoms with Crippen molar-refractivity contribution in [2.45, 2.75) is 6.54 Å². The summed E-state index contributed by atoms with van der Waals surface area (Å²) in [6, 6.07) is 9.18. The second-order valence-electron chi connectivity index (χ2n) is 6.62. The Morgan fingerprint density at radius 3 is 2.69 bits per heavy atom. The van der Waals surface area contributed by atoms with Crippen LogP contribution in [0.1, 0.15) is 16.2 Å². The van der Waals surface area contributed by atoms with E-state index >= 15 is 0 Å². The highest BCUT2D eigenvalue weighted by molar-refractivity contribution is 7.13. The maximum Gasteiger partial charge on any atom is 0.257 e. The summed E-state index contributed by atoms with van der Waals surface area (Å²) in [5.74, 6) is 2.32. The third kappa shape index (κ3) is 4.25. The van der Waals surface area contributed by atoms with Gasteiger partial charge in [-0.3, -0.25) is 9.69 Å². The van der Waals surface area contributed by atoms with Crippen LogP contribution in [0, 0.1) is 0 Å². The number of nitrogens with zero attached hydrogens (tertiary/aromatic N) is 4. The molecule has 1 amide bonds. The van der Waals surface area contributed by atoms with Crippen LogP contribution in [0.3, 0.4) is 0 Å². The van der Waals surface area contributed by atoms with Gasteiger partial charge in [-0.2, -0.15) is 4.98 Å². The first-order valence-corrected chi connectivity index (χ1v) is 10.2. The van der Waals surface area contributed by atoms with Gasteiger partial charge in [0.15, 0.2) is 0 Å². The minimum Gasteiger partial charge on any atom is -0.497 e. The third-order valence-electron chi connectivity index (χ3n) is 4.87. The van der Waals surface area contributed by atoms with Gasteiger partial charge in [0.1, 0.15) is 11.5 Å². The van der Waals surface area contributed by atoms with Gasteiger partial charge in [0.05, 0.1) is 31.2 Å². The molecule has 152 valence electrons. The number of methoxy groups -OCH3 is 2. The zero-order valence-corrected chi connectivity index (χ0v) is 17.1. The lowest BCUT2D eigenvalue weighted by atomic mass is 10.1. The molecule has 1 aromatic carbocycles. The van der Waals surface area contributed by atoms with E-state index < -0.39 is 0 Å². The molecule has 4 rings (SSSR count). The zero-order valence-electron chi connectivity index (χ0n) is 16.3. The van der Waals surface area contributed by atoms with E-state index in [1.54, 1.807) is 43.8 Å². The molecule has 3 aromatic rings. The smallest absolute Gasteiger partial charge is 0.257 e. The third-order valence-corrected chi connectivity index (χ3v) is 5.73. The van der Waals surface area contributed by atoms with Gasteiger partial charge < -0.3 is 18.9 Å². The Morgan fingerprint density at radius 2 is 2.00 bits per heavy atom. The summed E-state index contributed by atoms with van der Waals surface area (Å²) < 4.78 is 16.0. The Bertz CT molecular complexity index is 965. The van der Waals surface area contributed by atoms with Crippen molar-refractivity contribution in [1.29, 1.82) is 0 Å². The number of carbonyl (C=O) groups excluding carboxylic acids is 1. The molecule has 0 bridgehead atoms. The number of benzene rings is 1. The predicted octanol–water partition coefficient (Wildman–Crippen LogP) is 2.77. The summed E-state index contributed by atoms with van der Waals surface area (Å²) in [5.41, 5.74) is 0.512. The fraction of sp³-hybridized carbons (Fsp3) is 0.350. The fourth-order valence-electron chi connectivity index (χ4n) is 3.28. The molecule has 0 unspecified atom stereocenters. The summed E-state index contributed by atoms with van der Waals surface area (Å²) in [6.07, 6.45) is 0. The molecule has 2 aromatic heterocycles. The number of thiophene rings is 1. The maximum absolute atomic E-state index is 13.0. The lowest BCUT2D eigenvalue weighted by Gasteiger charge is -2.34. The minimum atomic E-state index is -0.0572. The Kier molecular flexibility index (Phi) is 5.77. The second kappa shape index (κ2) is 8.62. The average Bonchev–Trinajstić information content (AvgIpc) is 3.45. The Morgan fingerprint density at radius 1 is 1.17 bits per heavy atom. The molecule has 3 heterocycles. The van der Waals surface area contributed by atoms with Gasteiger partial charge in [-0.1, -0.05) is 11.2 Å².